The van der Waals surface area contributed by atoms with Crippen molar-refractivity contribution in [3.63, 3.8) is 0 Å². The standard InChI is InChI=1S/C7H8BrN.CH2O3/c1-5-3-4-7(8)6(2)9-5;2-1(3)4/h3-4H,1-2H3;(H2,2,3,4). The minimum atomic E-state index is -1.83. The summed E-state index contributed by atoms with van der Waals surface area (Å²) in [6.45, 7) is 3.97. The molecule has 1 heterocycles. The van der Waals surface area contributed by atoms with E-state index in [2.05, 4.69) is 20.9 Å². The Morgan fingerprint density at radius 3 is 2.15 bits per heavy atom. The molecule has 0 saturated heterocycles. The molecule has 2 N–H and O–H groups in total. The minimum Gasteiger partial charge on any atom is -0.450 e. The highest BCUT2D eigenvalue weighted by Gasteiger charge is 1.92. The van der Waals surface area contributed by atoms with Crippen molar-refractivity contribution in [1.82, 2.24) is 4.98 Å². The molecule has 5 heteroatoms. The lowest BCUT2D eigenvalue weighted by atomic mass is 10.3. The van der Waals surface area contributed by atoms with Gasteiger partial charge < -0.3 is 10.2 Å². The number of carbonyl (C=O) groups is 1. The van der Waals surface area contributed by atoms with E-state index in [1.165, 1.54) is 0 Å². The van der Waals surface area contributed by atoms with Crippen LogP contribution in [0.25, 0.3) is 0 Å². The Kier molecular flexibility index (Phi) is 5.06. The van der Waals surface area contributed by atoms with E-state index in [0.29, 0.717) is 0 Å². The molecule has 0 aliphatic rings. The maximum Gasteiger partial charge on any atom is 0.503 e. The molecule has 4 nitrogen and oxygen atoms in total. The van der Waals surface area contributed by atoms with Gasteiger partial charge in [-0.25, -0.2) is 4.79 Å². The Balaban J connectivity index is 0.000000310. The fraction of sp³-hybridized carbons (Fsp3) is 0.250. The molecular weight excluding hydrogens is 238 g/mol. The zero-order valence-corrected chi connectivity index (χ0v) is 8.87. The van der Waals surface area contributed by atoms with Gasteiger partial charge in [-0.05, 0) is 41.9 Å². The molecule has 0 aliphatic carbocycles. The van der Waals surface area contributed by atoms with Gasteiger partial charge in [0.2, 0.25) is 0 Å². The van der Waals surface area contributed by atoms with E-state index in [-0.39, 0.29) is 0 Å². The molecule has 0 aromatic carbocycles. The molecule has 13 heavy (non-hydrogen) atoms. The van der Waals surface area contributed by atoms with Crippen LogP contribution in [0.4, 0.5) is 4.79 Å². The van der Waals surface area contributed by atoms with E-state index in [0.717, 1.165) is 15.9 Å². The molecule has 0 aliphatic heterocycles. The predicted molar refractivity (Wildman–Crippen MR) is 52.1 cm³/mol. The third-order valence-corrected chi connectivity index (χ3v) is 2.00. The van der Waals surface area contributed by atoms with Crippen LogP contribution in [0.3, 0.4) is 0 Å². The average molecular weight is 248 g/mol. The van der Waals surface area contributed by atoms with Crippen LogP contribution in [0, 0.1) is 13.8 Å². The van der Waals surface area contributed by atoms with Gasteiger partial charge in [0.1, 0.15) is 0 Å². The van der Waals surface area contributed by atoms with E-state index >= 15 is 0 Å². The summed E-state index contributed by atoms with van der Waals surface area (Å²) in [6.07, 6.45) is -1.83. The second kappa shape index (κ2) is 5.53. The molecular formula is C8H10BrNO3. The molecule has 1 aromatic rings. The second-order valence-electron chi connectivity index (χ2n) is 2.30. The van der Waals surface area contributed by atoms with Gasteiger partial charge in [-0.15, -0.1) is 0 Å². The van der Waals surface area contributed by atoms with Crippen molar-refractivity contribution in [3.8, 4) is 0 Å². The van der Waals surface area contributed by atoms with Crippen molar-refractivity contribution < 1.29 is 15.0 Å². The van der Waals surface area contributed by atoms with Crippen LogP contribution in [-0.4, -0.2) is 21.4 Å². The highest BCUT2D eigenvalue weighted by molar-refractivity contribution is 9.10. The summed E-state index contributed by atoms with van der Waals surface area (Å²) in [5.41, 5.74) is 2.12. The topological polar surface area (TPSA) is 70.4 Å². The number of halogens is 1. The van der Waals surface area contributed by atoms with Crippen molar-refractivity contribution in [1.29, 1.82) is 0 Å². The number of aromatic nitrogens is 1. The summed E-state index contributed by atoms with van der Waals surface area (Å²) < 4.78 is 1.08. The molecule has 0 radical (unpaired) electrons. The Morgan fingerprint density at radius 2 is 1.85 bits per heavy atom. The molecule has 0 bridgehead atoms. The van der Waals surface area contributed by atoms with Crippen molar-refractivity contribution in [2.45, 2.75) is 13.8 Å². The lowest BCUT2D eigenvalue weighted by molar-refractivity contribution is 0.137. The van der Waals surface area contributed by atoms with Gasteiger partial charge in [-0.2, -0.15) is 0 Å². The molecule has 0 amide bonds. The van der Waals surface area contributed by atoms with Gasteiger partial charge in [-0.3, -0.25) is 4.98 Å². The molecule has 72 valence electrons. The van der Waals surface area contributed by atoms with Crippen LogP contribution in [0.15, 0.2) is 16.6 Å². The quantitative estimate of drug-likeness (QED) is 0.740. The minimum absolute atomic E-state index is 1.05. The largest absolute Gasteiger partial charge is 0.503 e. The van der Waals surface area contributed by atoms with Crippen molar-refractivity contribution in [2.75, 3.05) is 0 Å². The monoisotopic (exact) mass is 247 g/mol. The first-order valence-electron chi connectivity index (χ1n) is 3.45. The van der Waals surface area contributed by atoms with E-state index in [1.807, 2.05) is 26.0 Å². The molecule has 0 saturated carbocycles. The van der Waals surface area contributed by atoms with Crippen molar-refractivity contribution in [2.24, 2.45) is 0 Å². The highest BCUT2D eigenvalue weighted by atomic mass is 79.9. The van der Waals surface area contributed by atoms with Gasteiger partial charge in [0.15, 0.2) is 0 Å². The second-order valence-corrected chi connectivity index (χ2v) is 3.16. The molecule has 0 unspecified atom stereocenters. The van der Waals surface area contributed by atoms with Crippen molar-refractivity contribution >= 4 is 22.1 Å². The number of nitrogens with zero attached hydrogens (tertiary/aromatic N) is 1. The molecule has 0 fully saturated rings. The average Bonchev–Trinajstić information content (AvgIpc) is 1.96. The predicted octanol–water partition coefficient (Wildman–Crippen LogP) is 2.68. The van der Waals surface area contributed by atoms with E-state index < -0.39 is 6.16 Å². The van der Waals surface area contributed by atoms with Crippen molar-refractivity contribution in [3.05, 3.63) is 28.0 Å². The number of hydrogen-bond donors (Lipinski definition) is 2. The maximum absolute atomic E-state index is 8.56. The number of aryl methyl sites for hydroxylation is 2. The fourth-order valence-electron chi connectivity index (χ4n) is 0.670. The van der Waals surface area contributed by atoms with Gasteiger partial charge in [0, 0.05) is 10.2 Å². The third-order valence-electron chi connectivity index (χ3n) is 1.16. The maximum atomic E-state index is 8.56. The van der Waals surface area contributed by atoms with Crippen LogP contribution in [0.5, 0.6) is 0 Å². The van der Waals surface area contributed by atoms with Gasteiger partial charge >= 0.3 is 6.16 Å². The van der Waals surface area contributed by atoms with Crippen LogP contribution in [0.2, 0.25) is 0 Å². The summed E-state index contributed by atoms with van der Waals surface area (Å²) in [5, 5.41) is 13.9. The van der Waals surface area contributed by atoms with Gasteiger partial charge in [0.25, 0.3) is 0 Å². The number of carboxylic acid groups (broad SMARTS) is 2. The first-order valence-corrected chi connectivity index (χ1v) is 4.24. The van der Waals surface area contributed by atoms with E-state index in [4.69, 9.17) is 15.0 Å². The number of rotatable bonds is 0. The summed E-state index contributed by atoms with van der Waals surface area (Å²) in [7, 11) is 0. The molecule has 1 aromatic heterocycles. The summed E-state index contributed by atoms with van der Waals surface area (Å²) in [4.78, 5) is 12.8. The lowest BCUT2D eigenvalue weighted by Crippen LogP contribution is -1.84. The molecule has 0 atom stereocenters. The van der Waals surface area contributed by atoms with E-state index in [9.17, 15) is 0 Å². The molecule has 1 rings (SSSR count). The summed E-state index contributed by atoms with van der Waals surface area (Å²) in [6, 6.07) is 3.99. The zero-order chi connectivity index (χ0) is 10.4. The Morgan fingerprint density at radius 1 is 1.38 bits per heavy atom. The van der Waals surface area contributed by atoms with E-state index in [1.54, 1.807) is 0 Å². The third kappa shape index (κ3) is 6.10. The normalized spacial score (nSPS) is 8.54. The van der Waals surface area contributed by atoms with Gasteiger partial charge in [0.05, 0.1) is 5.69 Å². The Labute approximate surface area is 84.4 Å². The SMILES string of the molecule is Cc1ccc(Br)c(C)n1.O=C(O)O. The Bertz CT molecular complexity index is 297. The Hall–Kier alpha value is -1.10. The molecule has 0 spiro atoms. The fourth-order valence-corrected chi connectivity index (χ4v) is 0.890. The summed E-state index contributed by atoms with van der Waals surface area (Å²) >= 11 is 3.37. The summed E-state index contributed by atoms with van der Waals surface area (Å²) in [5.74, 6) is 0. The zero-order valence-electron chi connectivity index (χ0n) is 7.28. The smallest absolute Gasteiger partial charge is 0.450 e. The first-order chi connectivity index (χ1) is 5.93. The highest BCUT2D eigenvalue weighted by Crippen LogP contribution is 2.12. The van der Waals surface area contributed by atoms with Gasteiger partial charge in [-0.1, -0.05) is 0 Å². The van der Waals surface area contributed by atoms with Crippen LogP contribution in [0.1, 0.15) is 11.4 Å². The number of pyridine rings is 1. The van der Waals surface area contributed by atoms with Crippen LogP contribution in [-0.2, 0) is 0 Å². The first kappa shape index (κ1) is 11.9. The number of hydrogen-bond acceptors (Lipinski definition) is 2. The lowest BCUT2D eigenvalue weighted by Gasteiger charge is -1.95. The van der Waals surface area contributed by atoms with Crippen LogP contribution >= 0.6 is 15.9 Å². The van der Waals surface area contributed by atoms with Crippen LogP contribution < -0.4 is 0 Å².